The minimum absolute atomic E-state index is 0. The van der Waals surface area contributed by atoms with Gasteiger partial charge in [0.15, 0.2) is 41.4 Å². The third-order valence-corrected chi connectivity index (χ3v) is 11.7. The summed E-state index contributed by atoms with van der Waals surface area (Å²) in [6.07, 6.45) is -6.44. The van der Waals surface area contributed by atoms with Crippen molar-refractivity contribution in [3.05, 3.63) is 71.3 Å². The molecule has 374 valence electrons. The van der Waals surface area contributed by atoms with Crippen molar-refractivity contribution in [3.8, 4) is 34.5 Å². The quantitative estimate of drug-likeness (QED) is 0.0301. The van der Waals surface area contributed by atoms with Gasteiger partial charge in [-0.1, -0.05) is 32.3 Å². The van der Waals surface area contributed by atoms with Crippen LogP contribution in [0.1, 0.15) is 85.6 Å². The summed E-state index contributed by atoms with van der Waals surface area (Å²) in [5, 5.41) is 85.4. The first kappa shape index (κ1) is 58.3. The van der Waals surface area contributed by atoms with E-state index in [-0.39, 0.29) is 71.3 Å². The van der Waals surface area contributed by atoms with E-state index in [2.05, 4.69) is 16.8 Å². The van der Waals surface area contributed by atoms with E-state index in [1.807, 2.05) is 6.92 Å². The van der Waals surface area contributed by atoms with E-state index in [0.717, 1.165) is 56.3 Å². The van der Waals surface area contributed by atoms with Crippen molar-refractivity contribution in [2.45, 2.75) is 127 Å². The largest absolute Gasteiger partial charge is 1.00 e. The first-order valence-corrected chi connectivity index (χ1v) is 22.8. The minimum Gasteiger partial charge on any atom is -0.735 e. The standard InChI is InChI=1S/C29H38O14.C9H10O2.C6H13NO3S.CH3N.Na/c1-12-23(35)13(2)40-28(24(12)36)43-27-26(38)25(37)21(11-30)42-29(27)41-15-9-18(33)22(19(34)10-15)16(31)6-4-14-5-7-20(39-3)17(32)8-14;1-2-11-9-5-3-8(7-10)4-6-9;8-11(9,10)7-6-4-2-1-3-5-6;1-2;/h5,7-10,12-13,21,23-30,32-38H,4,6,11H2,1-3H3;3-7H,2H2,1H3;6-7H,1-5H2,(H,8,9,10);2H,1H2;/q;;;;+1/p-1/t12-,13+,21-,23-,24-,25?,26+,27?,28+,29?;;;;/m1..../s1/i/hD. The fourth-order valence-corrected chi connectivity index (χ4v) is 8.04. The summed E-state index contributed by atoms with van der Waals surface area (Å²) in [7, 11) is -2.82. The van der Waals surface area contributed by atoms with Crippen LogP contribution >= 0.6 is 0 Å². The van der Waals surface area contributed by atoms with Crippen LogP contribution in [0, 0.1) is 11.3 Å². The molecule has 3 fully saturated rings. The maximum atomic E-state index is 12.9. The third-order valence-electron chi connectivity index (χ3n) is 11.0. The molecule has 1 saturated carbocycles. The fraction of sp³-hybridized carbons (Fsp3) is 0.533. The molecule has 0 amide bonds. The number of ketones is 1. The van der Waals surface area contributed by atoms with Crippen LogP contribution in [0.5, 0.6) is 34.5 Å². The smallest absolute Gasteiger partial charge is 0.735 e. The molecule has 1 aliphatic carbocycles. The second-order valence-electron chi connectivity index (χ2n) is 15.8. The summed E-state index contributed by atoms with van der Waals surface area (Å²) in [5.41, 5.74) is 0.926. The number of aromatic hydroxyl groups is 3. The van der Waals surface area contributed by atoms with Crippen LogP contribution in [0.2, 0.25) is 1.41 Å². The van der Waals surface area contributed by atoms with Gasteiger partial charge in [0, 0.05) is 36.1 Å². The number of ether oxygens (including phenoxy) is 6. The van der Waals surface area contributed by atoms with Gasteiger partial charge in [0.2, 0.25) is 6.29 Å². The Morgan fingerprint density at radius 3 is 2.06 bits per heavy atom. The molecule has 10 N–H and O–H groups in total. The van der Waals surface area contributed by atoms with Crippen LogP contribution in [-0.2, 0) is 30.9 Å². The Labute approximate surface area is 419 Å². The number of hydrogen-bond donors (Lipinski definition) is 10. The number of carbonyl (C=O) groups is 2. The van der Waals surface area contributed by atoms with Crippen molar-refractivity contribution >= 4 is 29.1 Å². The number of aryl methyl sites for hydroxylation is 1. The number of phenolic OH excluding ortho intramolecular Hbond substituents is 3. The molecule has 0 radical (unpaired) electrons. The Balaban J connectivity index is 0.000000508. The number of rotatable bonds is 15. The zero-order chi connectivity index (χ0) is 50.7. The predicted molar refractivity (Wildman–Crippen MR) is 238 cm³/mol. The van der Waals surface area contributed by atoms with E-state index in [4.69, 9.17) is 29.8 Å². The van der Waals surface area contributed by atoms with Gasteiger partial charge in [-0.3, -0.25) is 9.59 Å². The molecule has 6 rings (SSSR count). The number of carbonyl (C=O) groups excluding carboxylic acids is 2. The van der Waals surface area contributed by atoms with Crippen molar-refractivity contribution in [2.24, 2.45) is 5.92 Å². The average Bonchev–Trinajstić information content (AvgIpc) is 3.29. The van der Waals surface area contributed by atoms with Crippen LogP contribution in [0.15, 0.2) is 54.6 Å². The van der Waals surface area contributed by atoms with Gasteiger partial charge in [-0.05, 0) is 81.8 Å². The van der Waals surface area contributed by atoms with Gasteiger partial charge in [-0.25, -0.2) is 13.1 Å². The first-order valence-electron chi connectivity index (χ1n) is 21.9. The van der Waals surface area contributed by atoms with Crippen molar-refractivity contribution in [1.82, 2.24) is 4.72 Å². The Morgan fingerprint density at radius 1 is 0.912 bits per heavy atom. The van der Waals surface area contributed by atoms with Crippen LogP contribution in [0.4, 0.5) is 0 Å². The number of aldehydes is 1. The zero-order valence-electron chi connectivity index (χ0n) is 39.6. The van der Waals surface area contributed by atoms with E-state index < -0.39 is 95.4 Å². The van der Waals surface area contributed by atoms with E-state index in [0.29, 0.717) is 17.7 Å². The average molecular weight is 992 g/mol. The van der Waals surface area contributed by atoms with Crippen molar-refractivity contribution < 1.29 is 123 Å². The number of aliphatic hydroxyl groups is 5. The summed E-state index contributed by atoms with van der Waals surface area (Å²) in [6.45, 7) is 7.80. The Kier molecular flexibility index (Phi) is 25.1. The monoisotopic (exact) mass is 991 g/mol. The topological polar surface area (TPSA) is 344 Å². The minimum atomic E-state index is -4.22. The number of Topliss-reactive ketones (excluding diaryl/α,β-unsaturated/α-hetero) is 1. The maximum Gasteiger partial charge on any atom is 1.00 e. The summed E-state index contributed by atoms with van der Waals surface area (Å²) >= 11 is 0. The molecule has 0 bridgehead atoms. The summed E-state index contributed by atoms with van der Waals surface area (Å²) < 4.78 is 71.4. The molecule has 0 spiro atoms. The molecule has 3 aliphatic rings. The molecule has 2 aliphatic heterocycles. The van der Waals surface area contributed by atoms with Crippen molar-refractivity contribution in [1.29, 1.82) is 5.40 Å². The van der Waals surface area contributed by atoms with Crippen molar-refractivity contribution in [2.75, 3.05) is 20.3 Å². The second kappa shape index (κ2) is 29.3. The van der Waals surface area contributed by atoms with Gasteiger partial charge in [0.05, 0.1) is 32.5 Å². The number of benzene rings is 3. The normalized spacial score (nSPS) is 25.9. The van der Waals surface area contributed by atoms with E-state index in [9.17, 15) is 63.4 Å². The zero-order valence-corrected chi connectivity index (χ0v) is 41.4. The molecule has 23 heteroatoms. The molecule has 3 aromatic rings. The summed E-state index contributed by atoms with van der Waals surface area (Å²) in [6, 6.07) is 13.6. The van der Waals surface area contributed by atoms with Crippen LogP contribution in [0.25, 0.3) is 0 Å². The number of phenols is 3. The van der Waals surface area contributed by atoms with Gasteiger partial charge in [-0.2, -0.15) is 0 Å². The van der Waals surface area contributed by atoms with Gasteiger partial charge in [0.25, 0.3) is 0 Å². The molecular formula is C45H63N2NaO19S. The molecule has 10 atom stereocenters. The van der Waals surface area contributed by atoms with Gasteiger partial charge in [0.1, 0.15) is 59.3 Å². The van der Waals surface area contributed by atoms with E-state index in [1.54, 1.807) is 50.2 Å². The molecule has 2 heterocycles. The molecule has 2 saturated heterocycles. The van der Waals surface area contributed by atoms with Gasteiger partial charge < -0.3 is 79.2 Å². The number of hydrogen-bond acceptors (Lipinski definition) is 20. The van der Waals surface area contributed by atoms with Crippen LogP contribution in [0.3, 0.4) is 0 Å². The summed E-state index contributed by atoms with van der Waals surface area (Å²) in [5.74, 6) is -1.74. The Morgan fingerprint density at radius 2 is 1.53 bits per heavy atom. The van der Waals surface area contributed by atoms with Crippen LogP contribution in [-0.4, -0.2) is 154 Å². The van der Waals surface area contributed by atoms with E-state index in [1.165, 1.54) is 13.2 Å². The maximum absolute atomic E-state index is 12.9. The molecule has 3 aromatic carbocycles. The SMILES string of the molecule is CCOc1ccc(C=O)cc1.COc1ccc(CCC(=O)c2c(O)cc(OC3O[C@H](CO)C(O)[C@H](O)C3O[C@@H]3O[C@@H](C)[C@H](O)[C@@H](C)[C@H]3O)cc2O)cc1O.O=S(=O)([O-])NC1CCCCC1.[2H]N=C.[Na+]. The first-order chi connectivity index (χ1) is 32.2. The number of nitrogens with one attached hydrogen (secondary N) is 2. The molecule has 21 nitrogen and oxygen atoms in total. The second-order valence-corrected chi connectivity index (χ2v) is 16.9. The van der Waals surface area contributed by atoms with Gasteiger partial charge in [-0.15, -0.1) is 0 Å². The predicted octanol–water partition coefficient (Wildman–Crippen LogP) is -0.530. The summed E-state index contributed by atoms with van der Waals surface area (Å²) in [4.78, 5) is 23.1. The third kappa shape index (κ3) is 17.8. The van der Waals surface area contributed by atoms with Crippen LogP contribution < -0.4 is 48.5 Å². The fourth-order valence-electron chi connectivity index (χ4n) is 7.40. The molecule has 3 unspecified atom stereocenters. The molecule has 68 heavy (non-hydrogen) atoms. The Hall–Kier alpha value is -3.98. The van der Waals surface area contributed by atoms with Gasteiger partial charge >= 0.3 is 29.6 Å². The molecule has 0 aromatic heterocycles. The molecular weight excluding hydrogens is 928 g/mol. The van der Waals surface area contributed by atoms with Crippen molar-refractivity contribution in [3.63, 3.8) is 0 Å². The van der Waals surface area contributed by atoms with E-state index >= 15 is 0 Å². The number of methoxy groups -OCH3 is 1. The Bertz CT molecular complexity index is 2130. The number of aliphatic hydroxyl groups excluding tert-OH is 5.